The van der Waals surface area contributed by atoms with Crippen molar-refractivity contribution in [3.63, 3.8) is 0 Å². The van der Waals surface area contributed by atoms with Crippen molar-refractivity contribution in [2.75, 3.05) is 16.8 Å². The molecule has 33 heavy (non-hydrogen) atoms. The largest absolute Gasteiger partial charge is 0.450 e. The number of likely N-dealkylation sites (N-methyl/N-ethyl adjacent to an activating group) is 1. The van der Waals surface area contributed by atoms with Gasteiger partial charge in [0.2, 0.25) is 10.9 Å². The second-order valence-electron chi connectivity index (χ2n) is 8.09. The van der Waals surface area contributed by atoms with Crippen LogP contribution in [0, 0.1) is 0 Å². The number of fused-ring (bicyclic) bond motifs is 5. The lowest BCUT2D eigenvalue weighted by atomic mass is 9.84. The Bertz CT molecular complexity index is 1540. The Kier molecular flexibility index (Phi) is 4.09. The summed E-state index contributed by atoms with van der Waals surface area (Å²) in [4.78, 5) is 44.5. The molecule has 0 fully saturated rings. The third-order valence-electron chi connectivity index (χ3n) is 6.27. The van der Waals surface area contributed by atoms with Gasteiger partial charge in [-0.15, -0.1) is 10.2 Å². The predicted molar refractivity (Wildman–Crippen MR) is 124 cm³/mol. The minimum atomic E-state index is -1.70. The molecule has 0 bridgehead atoms. The molecular weight excluding hydrogens is 440 g/mol. The Morgan fingerprint density at radius 2 is 1.79 bits per heavy atom. The van der Waals surface area contributed by atoms with Crippen molar-refractivity contribution in [2.45, 2.75) is 25.3 Å². The van der Waals surface area contributed by atoms with Gasteiger partial charge in [0.15, 0.2) is 11.0 Å². The van der Waals surface area contributed by atoms with Gasteiger partial charge in [-0.25, -0.2) is 0 Å². The maximum atomic E-state index is 14.0. The van der Waals surface area contributed by atoms with Gasteiger partial charge < -0.3 is 9.32 Å². The van der Waals surface area contributed by atoms with E-state index in [4.69, 9.17) is 4.42 Å². The molecule has 4 heterocycles. The number of rotatable bonds is 3. The van der Waals surface area contributed by atoms with Gasteiger partial charge >= 0.3 is 0 Å². The highest BCUT2D eigenvalue weighted by molar-refractivity contribution is 7.15. The van der Waals surface area contributed by atoms with E-state index in [1.54, 1.807) is 49.5 Å². The van der Waals surface area contributed by atoms with Gasteiger partial charge in [0.1, 0.15) is 10.6 Å². The lowest BCUT2D eigenvalue weighted by Gasteiger charge is -2.31. The van der Waals surface area contributed by atoms with Crippen LogP contribution in [0.25, 0.3) is 11.0 Å². The number of anilines is 2. The Hall–Kier alpha value is -3.85. The van der Waals surface area contributed by atoms with Crippen molar-refractivity contribution in [2.24, 2.45) is 0 Å². The van der Waals surface area contributed by atoms with Crippen molar-refractivity contribution in [3.05, 3.63) is 80.6 Å². The minimum Gasteiger partial charge on any atom is -0.450 e. The number of aryl methyl sites for hydroxylation is 1. The third-order valence-corrected chi connectivity index (χ3v) is 7.24. The second-order valence-corrected chi connectivity index (χ2v) is 9.13. The van der Waals surface area contributed by atoms with Crippen LogP contribution in [0.4, 0.5) is 10.8 Å². The van der Waals surface area contributed by atoms with Gasteiger partial charge in [-0.2, -0.15) is 0 Å². The lowest BCUT2D eigenvalue weighted by Crippen LogP contribution is -2.53. The molecule has 1 spiro atoms. The number of benzene rings is 2. The second kappa shape index (κ2) is 6.82. The van der Waals surface area contributed by atoms with E-state index in [1.807, 2.05) is 13.0 Å². The molecule has 164 valence electrons. The maximum absolute atomic E-state index is 14.0. The fourth-order valence-corrected chi connectivity index (χ4v) is 5.86. The number of para-hydroxylation sites is 2. The molecule has 6 rings (SSSR count). The molecule has 0 N–H and O–H groups in total. The molecule has 1 unspecified atom stereocenters. The molecule has 2 aromatic heterocycles. The highest BCUT2D eigenvalue weighted by Crippen LogP contribution is 2.53. The fourth-order valence-electron chi connectivity index (χ4n) is 4.86. The zero-order valence-electron chi connectivity index (χ0n) is 17.9. The maximum Gasteiger partial charge on any atom is 0.297 e. The Morgan fingerprint density at radius 1 is 1.03 bits per heavy atom. The van der Waals surface area contributed by atoms with E-state index in [0.29, 0.717) is 28.6 Å². The first-order valence-electron chi connectivity index (χ1n) is 10.6. The first kappa shape index (κ1) is 19.8. The first-order chi connectivity index (χ1) is 16.0. The summed E-state index contributed by atoms with van der Waals surface area (Å²) in [6.07, 6.45) is 1.56. The summed E-state index contributed by atoms with van der Waals surface area (Å²) in [5.74, 6) is -1.12. The zero-order chi connectivity index (χ0) is 22.9. The van der Waals surface area contributed by atoms with Crippen LogP contribution in [0.15, 0.2) is 57.7 Å². The molecule has 9 heteroatoms. The van der Waals surface area contributed by atoms with Crippen LogP contribution >= 0.6 is 11.3 Å². The van der Waals surface area contributed by atoms with Gasteiger partial charge in [-0.05, 0) is 24.6 Å². The number of hydrogen-bond donors (Lipinski definition) is 0. The lowest BCUT2D eigenvalue weighted by molar-refractivity contribution is -0.121. The molecule has 0 saturated carbocycles. The average Bonchev–Trinajstić information content (AvgIpc) is 3.45. The number of carbonyl (C=O) groups excluding carboxylic acids is 2. The van der Waals surface area contributed by atoms with Gasteiger partial charge in [0.05, 0.1) is 10.9 Å². The van der Waals surface area contributed by atoms with E-state index in [9.17, 15) is 14.4 Å². The van der Waals surface area contributed by atoms with Crippen molar-refractivity contribution < 1.29 is 14.0 Å². The third kappa shape index (κ3) is 2.37. The highest BCUT2D eigenvalue weighted by Gasteiger charge is 2.65. The van der Waals surface area contributed by atoms with Crippen molar-refractivity contribution in [1.82, 2.24) is 10.2 Å². The molecule has 2 amide bonds. The van der Waals surface area contributed by atoms with Gasteiger partial charge in [-0.1, -0.05) is 48.6 Å². The Balaban J connectivity index is 1.75. The van der Waals surface area contributed by atoms with E-state index in [2.05, 4.69) is 10.2 Å². The summed E-state index contributed by atoms with van der Waals surface area (Å²) in [7, 11) is 1.64. The molecule has 2 aliphatic rings. The van der Waals surface area contributed by atoms with E-state index in [-0.39, 0.29) is 16.5 Å². The quantitative estimate of drug-likeness (QED) is 0.466. The van der Waals surface area contributed by atoms with Crippen LogP contribution in [-0.4, -0.2) is 29.1 Å². The molecule has 1 atom stereocenters. The van der Waals surface area contributed by atoms with Crippen LogP contribution in [0.2, 0.25) is 0 Å². The highest BCUT2D eigenvalue weighted by atomic mass is 32.1. The van der Waals surface area contributed by atoms with E-state index in [0.717, 1.165) is 11.4 Å². The standard InChI is InChI=1S/C24H18N4O4S/c1-3-8-17-25-26-23(33-17)28-21(30)20-18(19(29)13-9-4-7-12-16(13)32-20)24(28)14-10-5-6-11-15(14)27(2)22(24)31/h4-7,9-12H,3,8H2,1-2H3. The summed E-state index contributed by atoms with van der Waals surface area (Å²) in [5, 5.41) is 9.81. The minimum absolute atomic E-state index is 0.0280. The topological polar surface area (TPSA) is 96.6 Å². The monoisotopic (exact) mass is 458 g/mol. The molecular formula is C24H18N4O4S. The predicted octanol–water partition coefficient (Wildman–Crippen LogP) is 3.48. The van der Waals surface area contributed by atoms with E-state index >= 15 is 0 Å². The number of amides is 2. The molecule has 8 nitrogen and oxygen atoms in total. The van der Waals surface area contributed by atoms with Crippen LogP contribution in [-0.2, 0) is 16.8 Å². The molecule has 2 aromatic carbocycles. The normalized spacial score (nSPS) is 19.1. The molecule has 4 aromatic rings. The Labute approximate surface area is 192 Å². The zero-order valence-corrected chi connectivity index (χ0v) is 18.7. The van der Waals surface area contributed by atoms with Gasteiger partial charge in [0, 0.05) is 24.7 Å². The van der Waals surface area contributed by atoms with E-state index < -0.39 is 22.8 Å². The Morgan fingerprint density at radius 3 is 2.61 bits per heavy atom. The number of nitrogens with zero attached hydrogens (tertiary/aromatic N) is 4. The fraction of sp³-hybridized carbons (Fsp3) is 0.208. The van der Waals surface area contributed by atoms with E-state index in [1.165, 1.54) is 21.1 Å². The summed E-state index contributed by atoms with van der Waals surface area (Å²) in [6.45, 7) is 2.03. The summed E-state index contributed by atoms with van der Waals surface area (Å²) in [5.41, 5.74) is -0.619. The number of hydrogen-bond acceptors (Lipinski definition) is 7. The summed E-state index contributed by atoms with van der Waals surface area (Å²) < 4.78 is 5.98. The van der Waals surface area contributed by atoms with Crippen molar-refractivity contribution >= 4 is 44.9 Å². The van der Waals surface area contributed by atoms with Crippen LogP contribution in [0.1, 0.15) is 40.0 Å². The average molecular weight is 458 g/mol. The van der Waals surface area contributed by atoms with Crippen LogP contribution in [0.5, 0.6) is 0 Å². The number of aromatic nitrogens is 2. The molecule has 0 radical (unpaired) electrons. The van der Waals surface area contributed by atoms with Crippen molar-refractivity contribution in [3.8, 4) is 0 Å². The van der Waals surface area contributed by atoms with Crippen LogP contribution < -0.4 is 15.2 Å². The smallest absolute Gasteiger partial charge is 0.297 e. The SMILES string of the molecule is CCCc1nnc(N2C(=O)c3oc4ccccc4c(=O)c3C23C(=O)N(C)c2ccccc23)s1. The summed E-state index contributed by atoms with van der Waals surface area (Å²) in [6, 6.07) is 13.9. The van der Waals surface area contributed by atoms with Crippen LogP contribution in [0.3, 0.4) is 0 Å². The summed E-state index contributed by atoms with van der Waals surface area (Å²) >= 11 is 1.25. The van der Waals surface area contributed by atoms with Gasteiger partial charge in [-0.3, -0.25) is 19.3 Å². The first-order valence-corrected chi connectivity index (χ1v) is 11.4. The molecule has 2 aliphatic heterocycles. The number of carbonyl (C=O) groups is 2. The van der Waals surface area contributed by atoms with Gasteiger partial charge in [0.25, 0.3) is 11.8 Å². The molecule has 0 aliphatic carbocycles. The molecule has 0 saturated heterocycles. The van der Waals surface area contributed by atoms with Crippen molar-refractivity contribution in [1.29, 1.82) is 0 Å².